The summed E-state index contributed by atoms with van der Waals surface area (Å²) in [5.41, 5.74) is 5.69. The Morgan fingerprint density at radius 1 is 1.18 bits per heavy atom. The maximum Gasteiger partial charge on any atom is 0.101 e. The van der Waals surface area contributed by atoms with Crippen LogP contribution in [0.1, 0.15) is 81.9 Å². The predicted molar refractivity (Wildman–Crippen MR) is 121 cm³/mol. The van der Waals surface area contributed by atoms with E-state index in [0.717, 1.165) is 38.2 Å². The highest BCUT2D eigenvalue weighted by Gasteiger charge is 2.41. The molecule has 1 aromatic carbocycles. The molecular formula is C25H37N3. The lowest BCUT2D eigenvalue weighted by Gasteiger charge is -2.37. The van der Waals surface area contributed by atoms with Crippen molar-refractivity contribution in [1.82, 2.24) is 4.90 Å². The predicted octanol–water partition coefficient (Wildman–Crippen LogP) is 5.38. The van der Waals surface area contributed by atoms with Crippen molar-refractivity contribution in [1.29, 1.82) is 0 Å². The summed E-state index contributed by atoms with van der Waals surface area (Å²) in [7, 11) is 4.08. The van der Waals surface area contributed by atoms with Crippen molar-refractivity contribution in [2.24, 2.45) is 4.99 Å². The molecule has 1 heterocycles. The number of nitrogens with one attached hydrogen (secondary N) is 1. The summed E-state index contributed by atoms with van der Waals surface area (Å²) in [5.74, 6) is 8.05. The zero-order valence-electron chi connectivity index (χ0n) is 18.3. The first-order valence-corrected chi connectivity index (χ1v) is 11.2. The van der Waals surface area contributed by atoms with E-state index in [1.807, 2.05) is 7.05 Å². The minimum absolute atomic E-state index is 0.296. The molecule has 152 valence electrons. The second-order valence-corrected chi connectivity index (χ2v) is 8.66. The third-order valence-electron chi connectivity index (χ3n) is 6.41. The van der Waals surface area contributed by atoms with Crippen molar-refractivity contribution in [3.8, 4) is 11.8 Å². The molecule has 1 aromatic rings. The van der Waals surface area contributed by atoms with Gasteiger partial charge in [-0.1, -0.05) is 57.4 Å². The zero-order valence-corrected chi connectivity index (χ0v) is 18.3. The Morgan fingerprint density at radius 3 is 2.64 bits per heavy atom. The fourth-order valence-corrected chi connectivity index (χ4v) is 4.80. The summed E-state index contributed by atoms with van der Waals surface area (Å²) in [6.07, 6.45) is 11.1. The number of aliphatic imine (C=N–C) groups is 1. The van der Waals surface area contributed by atoms with Crippen LogP contribution >= 0.6 is 0 Å². The number of hydrogen-bond donors (Lipinski definition) is 1. The molecule has 0 amide bonds. The molecule has 0 saturated heterocycles. The van der Waals surface area contributed by atoms with Crippen molar-refractivity contribution in [2.75, 3.05) is 32.5 Å². The van der Waals surface area contributed by atoms with E-state index >= 15 is 0 Å². The smallest absolute Gasteiger partial charge is 0.101 e. The Hall–Kier alpha value is -1.79. The Bertz CT molecular complexity index is 760. The summed E-state index contributed by atoms with van der Waals surface area (Å²) >= 11 is 0. The fraction of sp³-hybridized carbons (Fsp3) is 0.640. The van der Waals surface area contributed by atoms with Gasteiger partial charge in [-0.3, -0.25) is 9.89 Å². The van der Waals surface area contributed by atoms with Crippen LogP contribution < -0.4 is 5.32 Å². The van der Waals surface area contributed by atoms with Gasteiger partial charge in [0.05, 0.1) is 6.54 Å². The molecule has 1 aliphatic carbocycles. The van der Waals surface area contributed by atoms with Crippen LogP contribution in [0.2, 0.25) is 0 Å². The molecule has 0 radical (unpaired) electrons. The summed E-state index contributed by atoms with van der Waals surface area (Å²) < 4.78 is 0. The van der Waals surface area contributed by atoms with Gasteiger partial charge in [-0.2, -0.15) is 0 Å². The van der Waals surface area contributed by atoms with Gasteiger partial charge in [-0.15, -0.1) is 0 Å². The maximum atomic E-state index is 4.53. The molecular weight excluding hydrogens is 342 g/mol. The molecule has 1 saturated carbocycles. The van der Waals surface area contributed by atoms with Gasteiger partial charge in [0.1, 0.15) is 5.84 Å². The monoisotopic (exact) mass is 379 g/mol. The minimum Gasteiger partial charge on any atom is -0.344 e. The molecule has 0 atom stereocenters. The number of anilines is 1. The molecule has 3 heteroatoms. The van der Waals surface area contributed by atoms with Crippen molar-refractivity contribution < 1.29 is 0 Å². The van der Waals surface area contributed by atoms with Crippen LogP contribution in [0.5, 0.6) is 0 Å². The van der Waals surface area contributed by atoms with E-state index in [9.17, 15) is 0 Å². The van der Waals surface area contributed by atoms with Crippen LogP contribution in [-0.2, 0) is 11.8 Å². The van der Waals surface area contributed by atoms with E-state index in [4.69, 9.17) is 0 Å². The molecule has 0 unspecified atom stereocenters. The fourth-order valence-electron chi connectivity index (χ4n) is 4.80. The number of aryl methyl sites for hydroxylation is 1. The van der Waals surface area contributed by atoms with E-state index in [1.54, 1.807) is 0 Å². The summed E-state index contributed by atoms with van der Waals surface area (Å²) in [5, 5.41) is 3.61. The average Bonchev–Trinajstić information content (AvgIpc) is 3.16. The number of nitrogens with zero attached hydrogens (tertiary/aromatic N) is 2. The van der Waals surface area contributed by atoms with E-state index in [-0.39, 0.29) is 0 Å². The van der Waals surface area contributed by atoms with Crippen molar-refractivity contribution >= 4 is 11.5 Å². The molecule has 1 fully saturated rings. The Kier molecular flexibility index (Phi) is 7.18. The van der Waals surface area contributed by atoms with E-state index in [0.29, 0.717) is 5.41 Å². The van der Waals surface area contributed by atoms with Gasteiger partial charge >= 0.3 is 0 Å². The molecule has 28 heavy (non-hydrogen) atoms. The first-order chi connectivity index (χ1) is 13.6. The summed E-state index contributed by atoms with van der Waals surface area (Å²) in [6, 6.07) is 4.79. The Morgan fingerprint density at radius 2 is 1.96 bits per heavy atom. The van der Waals surface area contributed by atoms with Crippen LogP contribution in [0.25, 0.3) is 0 Å². The molecule has 1 spiro atoms. The number of hydrogen-bond acceptors (Lipinski definition) is 2. The summed E-state index contributed by atoms with van der Waals surface area (Å²) in [6.45, 7) is 6.46. The van der Waals surface area contributed by atoms with Gasteiger partial charge in [-0.25, -0.2) is 0 Å². The van der Waals surface area contributed by atoms with E-state index in [1.165, 1.54) is 60.9 Å². The van der Waals surface area contributed by atoms with Crippen molar-refractivity contribution in [3.05, 3.63) is 28.8 Å². The molecule has 0 bridgehead atoms. The third kappa shape index (κ3) is 4.61. The van der Waals surface area contributed by atoms with Gasteiger partial charge in [0.25, 0.3) is 0 Å². The van der Waals surface area contributed by atoms with Crippen LogP contribution in [0.15, 0.2) is 17.1 Å². The largest absolute Gasteiger partial charge is 0.344 e. The molecule has 3 nitrogen and oxygen atoms in total. The van der Waals surface area contributed by atoms with Gasteiger partial charge in [-0.05, 0) is 56.5 Å². The number of fused-ring (bicyclic) bond motifs is 2. The Balaban J connectivity index is 1.92. The first kappa shape index (κ1) is 20.9. The number of benzene rings is 1. The highest BCUT2D eigenvalue weighted by Crippen LogP contribution is 2.49. The minimum atomic E-state index is 0.296. The standard InChI is InChI=1S/C25H37N3/c1-5-7-15-28(4)16-10-12-21-18-23-22(17-20(21)11-6-2)25(13-8-9-14-25)19-24(26-3)27-23/h17-18H,5-9,11,13-16,19H2,1-4H3,(H,26,27). The molecule has 1 N–H and O–H groups in total. The number of amidine groups is 1. The molecule has 2 aliphatic rings. The highest BCUT2D eigenvalue weighted by molar-refractivity contribution is 6.00. The van der Waals surface area contributed by atoms with Crippen LogP contribution in [0.4, 0.5) is 5.69 Å². The van der Waals surface area contributed by atoms with Crippen LogP contribution in [-0.4, -0.2) is 37.9 Å². The summed E-state index contributed by atoms with van der Waals surface area (Å²) in [4.78, 5) is 6.85. The number of rotatable bonds is 6. The normalized spacial score (nSPS) is 18.8. The lowest BCUT2D eigenvalue weighted by molar-refractivity contribution is 0.367. The van der Waals surface area contributed by atoms with Crippen LogP contribution in [0, 0.1) is 11.8 Å². The lowest BCUT2D eigenvalue weighted by Crippen LogP contribution is -2.35. The van der Waals surface area contributed by atoms with E-state index in [2.05, 4.69) is 60.1 Å². The second kappa shape index (κ2) is 9.61. The SMILES string of the molecule is CCCCN(C)CC#Cc1cc2c(cc1CCC)C1(CCCC1)CC(=NC)N2. The maximum absolute atomic E-state index is 4.53. The van der Waals surface area contributed by atoms with Gasteiger partial charge in [0.15, 0.2) is 0 Å². The highest BCUT2D eigenvalue weighted by atomic mass is 15.1. The van der Waals surface area contributed by atoms with Gasteiger partial charge in [0, 0.05) is 30.1 Å². The third-order valence-corrected chi connectivity index (χ3v) is 6.41. The zero-order chi connectivity index (χ0) is 20.0. The van der Waals surface area contributed by atoms with Gasteiger partial charge < -0.3 is 5.32 Å². The van der Waals surface area contributed by atoms with E-state index < -0.39 is 0 Å². The average molecular weight is 380 g/mol. The lowest BCUT2D eigenvalue weighted by atomic mass is 9.72. The molecule has 0 aromatic heterocycles. The number of unbranched alkanes of at least 4 members (excludes halogenated alkanes) is 1. The topological polar surface area (TPSA) is 27.6 Å². The van der Waals surface area contributed by atoms with Crippen molar-refractivity contribution in [3.63, 3.8) is 0 Å². The Labute approximate surface area is 172 Å². The van der Waals surface area contributed by atoms with Crippen molar-refractivity contribution in [2.45, 2.75) is 77.0 Å². The quantitative estimate of drug-likeness (QED) is 0.672. The molecule has 1 aliphatic heterocycles. The second-order valence-electron chi connectivity index (χ2n) is 8.66. The van der Waals surface area contributed by atoms with Gasteiger partial charge in [0.2, 0.25) is 0 Å². The first-order valence-electron chi connectivity index (χ1n) is 11.2. The van der Waals surface area contributed by atoms with Crippen LogP contribution in [0.3, 0.4) is 0 Å². The molecule has 3 rings (SSSR count).